The first-order valence-corrected chi connectivity index (χ1v) is 6.90. The largest absolute Gasteiger partial charge is 0.364 e. The first-order valence-electron chi connectivity index (χ1n) is 6.90. The number of benzene rings is 1. The highest BCUT2D eigenvalue weighted by atomic mass is 16.2. The van der Waals surface area contributed by atoms with Crippen LogP contribution in [0, 0.1) is 26.2 Å². The van der Waals surface area contributed by atoms with Crippen LogP contribution in [0.15, 0.2) is 29.3 Å². The normalized spacial score (nSPS) is 11.7. The molecule has 1 aromatic carbocycles. The zero-order valence-electron chi connectivity index (χ0n) is 12.8. The van der Waals surface area contributed by atoms with Gasteiger partial charge in [0.25, 0.3) is 0 Å². The maximum absolute atomic E-state index is 12.1. The van der Waals surface area contributed by atoms with E-state index in [-0.39, 0.29) is 12.5 Å². The molecule has 22 heavy (non-hydrogen) atoms. The number of terminal acetylenes is 1. The molecule has 6 nitrogen and oxygen atoms in total. The quantitative estimate of drug-likeness (QED) is 0.855. The first kappa shape index (κ1) is 15.6. The van der Waals surface area contributed by atoms with Crippen LogP contribution < -0.4 is 11.0 Å². The van der Waals surface area contributed by atoms with E-state index in [1.807, 2.05) is 32.0 Å². The van der Waals surface area contributed by atoms with Gasteiger partial charge in [-0.25, -0.2) is 14.2 Å². The highest BCUT2D eigenvalue weighted by molar-refractivity contribution is 5.80. The minimum absolute atomic E-state index is 0.121. The van der Waals surface area contributed by atoms with Gasteiger partial charge in [-0.2, -0.15) is 4.98 Å². The summed E-state index contributed by atoms with van der Waals surface area (Å²) in [6.07, 6.45) is 6.56. The molecule has 1 amide bonds. The van der Waals surface area contributed by atoms with Crippen molar-refractivity contribution in [2.45, 2.75) is 26.8 Å². The molecule has 0 saturated heterocycles. The average molecular weight is 298 g/mol. The molecule has 0 saturated carbocycles. The number of nitrogens with one attached hydrogen (secondary N) is 1. The zero-order chi connectivity index (χ0) is 16.3. The molecular weight excluding hydrogens is 280 g/mol. The Bertz CT molecular complexity index is 795. The SMILES string of the molecule is C#CCNC(=O)C(C)n1c(=O)ncn1-c1cc(C)ccc1C. The molecule has 0 aliphatic carbocycles. The molecule has 1 N–H and O–H groups in total. The van der Waals surface area contributed by atoms with Crippen molar-refractivity contribution in [3.63, 3.8) is 0 Å². The smallest absolute Gasteiger partial charge is 0.343 e. The van der Waals surface area contributed by atoms with Crippen LogP contribution in [0.4, 0.5) is 0 Å². The molecule has 0 radical (unpaired) electrons. The summed E-state index contributed by atoms with van der Waals surface area (Å²) in [6, 6.07) is 5.17. The Balaban J connectivity index is 2.49. The van der Waals surface area contributed by atoms with Crippen molar-refractivity contribution in [3.8, 4) is 18.0 Å². The Morgan fingerprint density at radius 3 is 2.86 bits per heavy atom. The molecule has 1 atom stereocenters. The van der Waals surface area contributed by atoms with Crippen molar-refractivity contribution in [2.24, 2.45) is 0 Å². The summed E-state index contributed by atoms with van der Waals surface area (Å²) in [6.45, 7) is 5.66. The monoisotopic (exact) mass is 298 g/mol. The summed E-state index contributed by atoms with van der Waals surface area (Å²) in [5, 5.41) is 2.58. The lowest BCUT2D eigenvalue weighted by atomic mass is 10.1. The van der Waals surface area contributed by atoms with Crippen molar-refractivity contribution in [1.82, 2.24) is 19.7 Å². The van der Waals surface area contributed by atoms with E-state index in [0.29, 0.717) is 0 Å². The van der Waals surface area contributed by atoms with Crippen LogP contribution in [0.5, 0.6) is 0 Å². The van der Waals surface area contributed by atoms with Crippen LogP contribution in [-0.2, 0) is 4.79 Å². The molecule has 0 spiro atoms. The van der Waals surface area contributed by atoms with Gasteiger partial charge in [0.05, 0.1) is 12.2 Å². The lowest BCUT2D eigenvalue weighted by molar-refractivity contribution is -0.124. The van der Waals surface area contributed by atoms with Gasteiger partial charge in [-0.1, -0.05) is 18.1 Å². The predicted molar refractivity (Wildman–Crippen MR) is 83.9 cm³/mol. The zero-order valence-corrected chi connectivity index (χ0v) is 12.8. The predicted octanol–water partition coefficient (Wildman–Crippen LogP) is 0.961. The Morgan fingerprint density at radius 1 is 1.45 bits per heavy atom. The Morgan fingerprint density at radius 2 is 2.18 bits per heavy atom. The number of carbonyl (C=O) groups is 1. The van der Waals surface area contributed by atoms with Crippen molar-refractivity contribution >= 4 is 5.91 Å². The number of amides is 1. The second-order valence-corrected chi connectivity index (χ2v) is 5.10. The van der Waals surface area contributed by atoms with E-state index in [4.69, 9.17) is 6.42 Å². The average Bonchev–Trinajstić information content (AvgIpc) is 2.88. The van der Waals surface area contributed by atoms with E-state index < -0.39 is 11.7 Å². The van der Waals surface area contributed by atoms with Crippen LogP contribution in [-0.4, -0.2) is 26.8 Å². The van der Waals surface area contributed by atoms with E-state index in [1.165, 1.54) is 11.0 Å². The molecule has 1 heterocycles. The minimum atomic E-state index is -0.719. The summed E-state index contributed by atoms with van der Waals surface area (Å²) < 4.78 is 2.92. The molecule has 114 valence electrons. The highest BCUT2D eigenvalue weighted by Crippen LogP contribution is 2.16. The fraction of sp³-hybridized carbons (Fsp3) is 0.312. The number of aromatic nitrogens is 3. The van der Waals surface area contributed by atoms with Gasteiger partial charge < -0.3 is 5.32 Å². The summed E-state index contributed by atoms with van der Waals surface area (Å²) in [4.78, 5) is 27.9. The van der Waals surface area contributed by atoms with Gasteiger partial charge in [0.2, 0.25) is 5.91 Å². The van der Waals surface area contributed by atoms with E-state index in [0.717, 1.165) is 16.8 Å². The van der Waals surface area contributed by atoms with Crippen molar-refractivity contribution < 1.29 is 4.79 Å². The molecule has 0 aliphatic heterocycles. The summed E-state index contributed by atoms with van der Waals surface area (Å²) in [7, 11) is 0. The topological polar surface area (TPSA) is 68.9 Å². The lowest BCUT2D eigenvalue weighted by Gasteiger charge is -2.18. The Labute approximate surface area is 128 Å². The van der Waals surface area contributed by atoms with Gasteiger partial charge >= 0.3 is 5.69 Å². The van der Waals surface area contributed by atoms with E-state index in [1.54, 1.807) is 11.6 Å². The van der Waals surface area contributed by atoms with Gasteiger partial charge in [-0.05, 0) is 38.0 Å². The number of hydrogen-bond acceptors (Lipinski definition) is 3. The second-order valence-electron chi connectivity index (χ2n) is 5.10. The van der Waals surface area contributed by atoms with Gasteiger partial charge in [0, 0.05) is 0 Å². The molecule has 0 aliphatic rings. The minimum Gasteiger partial charge on any atom is -0.343 e. The molecular formula is C16H18N4O2. The third-order valence-corrected chi connectivity index (χ3v) is 3.43. The number of nitrogens with zero attached hydrogens (tertiary/aromatic N) is 3. The third-order valence-electron chi connectivity index (χ3n) is 3.43. The van der Waals surface area contributed by atoms with Gasteiger partial charge in [-0.15, -0.1) is 6.42 Å². The molecule has 0 bridgehead atoms. The molecule has 0 fully saturated rings. The van der Waals surface area contributed by atoms with Crippen LogP contribution in [0.25, 0.3) is 5.69 Å². The number of rotatable bonds is 4. The van der Waals surface area contributed by atoms with Crippen molar-refractivity contribution in [3.05, 3.63) is 46.1 Å². The Hall–Kier alpha value is -2.81. The second kappa shape index (κ2) is 6.31. The number of aryl methyl sites for hydroxylation is 2. The maximum Gasteiger partial charge on any atom is 0.364 e. The maximum atomic E-state index is 12.1. The van der Waals surface area contributed by atoms with Crippen LogP contribution >= 0.6 is 0 Å². The van der Waals surface area contributed by atoms with E-state index in [2.05, 4.69) is 16.2 Å². The standard InChI is InChI=1S/C16H18N4O2/c1-5-8-17-15(21)13(4)20-16(22)18-10-19(20)14-9-11(2)6-7-12(14)3/h1,6-7,9-10,13H,8H2,2-4H3,(H,17,21). The first-order chi connectivity index (χ1) is 10.5. The lowest BCUT2D eigenvalue weighted by Crippen LogP contribution is -2.37. The van der Waals surface area contributed by atoms with Crippen LogP contribution in [0.2, 0.25) is 0 Å². The van der Waals surface area contributed by atoms with Crippen LogP contribution in [0.3, 0.4) is 0 Å². The number of hydrogen-bond donors (Lipinski definition) is 1. The molecule has 6 heteroatoms. The van der Waals surface area contributed by atoms with Gasteiger partial charge in [0.15, 0.2) is 0 Å². The molecule has 1 aromatic heterocycles. The number of carbonyl (C=O) groups excluding carboxylic acids is 1. The van der Waals surface area contributed by atoms with Gasteiger partial charge in [0.1, 0.15) is 12.4 Å². The summed E-state index contributed by atoms with van der Waals surface area (Å²) in [5.41, 5.74) is 2.36. The molecule has 2 aromatic rings. The van der Waals surface area contributed by atoms with E-state index >= 15 is 0 Å². The highest BCUT2D eigenvalue weighted by Gasteiger charge is 2.21. The summed E-state index contributed by atoms with van der Waals surface area (Å²) >= 11 is 0. The van der Waals surface area contributed by atoms with Crippen molar-refractivity contribution in [1.29, 1.82) is 0 Å². The molecule has 1 unspecified atom stereocenters. The van der Waals surface area contributed by atoms with Crippen molar-refractivity contribution in [2.75, 3.05) is 6.54 Å². The fourth-order valence-electron chi connectivity index (χ4n) is 2.20. The molecule has 2 rings (SSSR count). The van der Waals surface area contributed by atoms with Crippen LogP contribution in [0.1, 0.15) is 24.1 Å². The Kier molecular flexibility index (Phi) is 4.47. The van der Waals surface area contributed by atoms with E-state index in [9.17, 15) is 9.59 Å². The fourth-order valence-corrected chi connectivity index (χ4v) is 2.20. The summed E-state index contributed by atoms with van der Waals surface area (Å²) in [5.74, 6) is 2.01. The third kappa shape index (κ3) is 2.93. The van der Waals surface area contributed by atoms with Gasteiger partial charge in [-0.3, -0.25) is 4.79 Å².